The Morgan fingerprint density at radius 2 is 1.33 bits per heavy atom. The van der Waals surface area contributed by atoms with Crippen LogP contribution in [-0.4, -0.2) is 0 Å². The normalized spacial score (nSPS) is 18.6. The van der Waals surface area contributed by atoms with Crippen LogP contribution >= 0.6 is 0 Å². The van der Waals surface area contributed by atoms with Crippen molar-refractivity contribution in [2.45, 2.75) is 70.6 Å². The zero-order valence-electron chi connectivity index (χ0n) is 16.8. The van der Waals surface area contributed by atoms with E-state index in [1.165, 1.54) is 84.4 Å². The smallest absolute Gasteiger partial charge is 0.0215 e. The fourth-order valence-corrected chi connectivity index (χ4v) is 5.87. The maximum atomic E-state index is 2.55. The summed E-state index contributed by atoms with van der Waals surface area (Å²) in [6.07, 6.45) is 11.0. The Balaban J connectivity index is 1.84. The summed E-state index contributed by atoms with van der Waals surface area (Å²) in [6.45, 7) is 4.56. The van der Waals surface area contributed by atoms with E-state index >= 15 is 0 Å². The van der Waals surface area contributed by atoms with Crippen LogP contribution in [0, 0.1) is 13.8 Å². The molecule has 1 saturated carbocycles. The van der Waals surface area contributed by atoms with Crippen molar-refractivity contribution in [3.8, 4) is 11.1 Å². The van der Waals surface area contributed by atoms with Gasteiger partial charge in [-0.15, -0.1) is 0 Å². The van der Waals surface area contributed by atoms with Gasteiger partial charge in [-0.05, 0) is 65.3 Å². The summed E-state index contributed by atoms with van der Waals surface area (Å²) < 4.78 is 0. The van der Waals surface area contributed by atoms with E-state index in [-0.39, 0.29) is 5.41 Å². The average molecular weight is 355 g/mol. The van der Waals surface area contributed by atoms with Gasteiger partial charge >= 0.3 is 0 Å². The first kappa shape index (κ1) is 17.0. The average Bonchev–Trinajstić information content (AvgIpc) is 3.00. The van der Waals surface area contributed by atoms with E-state index in [1.54, 1.807) is 11.1 Å². The van der Waals surface area contributed by atoms with Gasteiger partial charge in [-0.2, -0.15) is 0 Å². The number of fused-ring (bicyclic) bond motifs is 7. The molecule has 0 amide bonds. The van der Waals surface area contributed by atoms with Gasteiger partial charge in [-0.3, -0.25) is 0 Å². The highest BCUT2D eigenvalue weighted by molar-refractivity contribution is 6.04. The standard InChI is InChI=1S/C27H30/c1-19-13-14-23-24(17-19)27(15-9-5-3-4-6-10-16-27)25-18-20(2)21-11-7-8-12-22(21)26(23)25/h7-8,11-14,17-18H,3-6,9-10,15-16H2,1-2H3. The number of hydrogen-bond acceptors (Lipinski definition) is 0. The lowest BCUT2D eigenvalue weighted by atomic mass is 9.70. The Morgan fingerprint density at radius 3 is 2.07 bits per heavy atom. The second-order valence-electron chi connectivity index (χ2n) is 8.91. The van der Waals surface area contributed by atoms with Crippen molar-refractivity contribution in [1.82, 2.24) is 0 Å². The van der Waals surface area contributed by atoms with Crippen molar-refractivity contribution in [3.63, 3.8) is 0 Å². The number of rotatable bonds is 0. The van der Waals surface area contributed by atoms with E-state index in [9.17, 15) is 0 Å². The van der Waals surface area contributed by atoms with Crippen LogP contribution in [0.1, 0.15) is 73.6 Å². The van der Waals surface area contributed by atoms with Crippen molar-refractivity contribution < 1.29 is 0 Å². The van der Waals surface area contributed by atoms with Crippen molar-refractivity contribution in [2.24, 2.45) is 0 Å². The molecule has 0 N–H and O–H groups in total. The van der Waals surface area contributed by atoms with Crippen LogP contribution in [0.3, 0.4) is 0 Å². The molecule has 5 rings (SSSR count). The second kappa shape index (κ2) is 6.51. The minimum Gasteiger partial charge on any atom is -0.0616 e. The van der Waals surface area contributed by atoms with Crippen LogP contribution in [0.25, 0.3) is 21.9 Å². The fraction of sp³-hybridized carbons (Fsp3) is 0.407. The summed E-state index contributed by atoms with van der Waals surface area (Å²) in [5.74, 6) is 0. The molecule has 0 heterocycles. The van der Waals surface area contributed by atoms with E-state index < -0.39 is 0 Å². The maximum Gasteiger partial charge on any atom is 0.0215 e. The van der Waals surface area contributed by atoms with Crippen LogP contribution in [0.4, 0.5) is 0 Å². The van der Waals surface area contributed by atoms with Gasteiger partial charge in [0.2, 0.25) is 0 Å². The number of benzene rings is 3. The Labute approximate surface area is 163 Å². The van der Waals surface area contributed by atoms with Gasteiger partial charge in [0.25, 0.3) is 0 Å². The number of aryl methyl sites for hydroxylation is 2. The third kappa shape index (κ3) is 2.57. The summed E-state index contributed by atoms with van der Waals surface area (Å²) in [5.41, 5.74) is 9.36. The summed E-state index contributed by atoms with van der Waals surface area (Å²) >= 11 is 0. The topological polar surface area (TPSA) is 0 Å². The van der Waals surface area contributed by atoms with Crippen molar-refractivity contribution in [1.29, 1.82) is 0 Å². The molecule has 0 unspecified atom stereocenters. The maximum absolute atomic E-state index is 2.55. The lowest BCUT2D eigenvalue weighted by Crippen LogP contribution is -2.25. The molecule has 138 valence electrons. The second-order valence-corrected chi connectivity index (χ2v) is 8.91. The van der Waals surface area contributed by atoms with Crippen LogP contribution in [0.2, 0.25) is 0 Å². The number of hydrogen-bond donors (Lipinski definition) is 0. The minimum atomic E-state index is 0.232. The minimum absolute atomic E-state index is 0.232. The van der Waals surface area contributed by atoms with Crippen molar-refractivity contribution in [3.05, 3.63) is 70.8 Å². The summed E-state index contributed by atoms with van der Waals surface area (Å²) in [4.78, 5) is 0. The van der Waals surface area contributed by atoms with Crippen LogP contribution in [0.15, 0.2) is 48.5 Å². The van der Waals surface area contributed by atoms with E-state index in [2.05, 4.69) is 62.4 Å². The molecule has 27 heavy (non-hydrogen) atoms. The molecule has 2 aliphatic carbocycles. The molecule has 0 atom stereocenters. The summed E-state index contributed by atoms with van der Waals surface area (Å²) in [6, 6.07) is 18.8. The fourth-order valence-electron chi connectivity index (χ4n) is 5.87. The molecule has 1 spiro atoms. The molecular formula is C27H30. The highest BCUT2D eigenvalue weighted by Crippen LogP contribution is 2.56. The molecule has 0 aromatic heterocycles. The predicted molar refractivity (Wildman–Crippen MR) is 117 cm³/mol. The lowest BCUT2D eigenvalue weighted by molar-refractivity contribution is 0.422. The molecule has 2 aliphatic rings. The van der Waals surface area contributed by atoms with Gasteiger partial charge in [0.1, 0.15) is 0 Å². The molecular weight excluding hydrogens is 324 g/mol. The highest BCUT2D eigenvalue weighted by Gasteiger charge is 2.43. The zero-order valence-corrected chi connectivity index (χ0v) is 16.8. The SMILES string of the molecule is Cc1ccc2c(c1)C1(CCCCCCCC1)c1cc(C)c3ccccc3c1-2. The third-order valence-electron chi connectivity index (χ3n) is 7.18. The van der Waals surface area contributed by atoms with Crippen LogP contribution in [0.5, 0.6) is 0 Å². The quantitative estimate of drug-likeness (QED) is 0.385. The first-order valence-electron chi connectivity index (χ1n) is 10.8. The van der Waals surface area contributed by atoms with Crippen LogP contribution in [-0.2, 0) is 5.41 Å². The molecule has 3 aromatic carbocycles. The van der Waals surface area contributed by atoms with E-state index in [0.717, 1.165) is 0 Å². The first-order valence-corrected chi connectivity index (χ1v) is 10.8. The molecule has 3 aromatic rings. The zero-order chi connectivity index (χ0) is 18.4. The first-order chi connectivity index (χ1) is 13.2. The third-order valence-corrected chi connectivity index (χ3v) is 7.18. The van der Waals surface area contributed by atoms with Gasteiger partial charge < -0.3 is 0 Å². The molecule has 0 saturated heterocycles. The Kier molecular flexibility index (Phi) is 4.11. The van der Waals surface area contributed by atoms with E-state index in [0.29, 0.717) is 0 Å². The van der Waals surface area contributed by atoms with Gasteiger partial charge in [0, 0.05) is 5.41 Å². The highest BCUT2D eigenvalue weighted by atomic mass is 14.5. The van der Waals surface area contributed by atoms with Gasteiger partial charge in [0.05, 0.1) is 0 Å². The van der Waals surface area contributed by atoms with E-state index in [4.69, 9.17) is 0 Å². The molecule has 1 fully saturated rings. The van der Waals surface area contributed by atoms with Crippen LogP contribution < -0.4 is 0 Å². The molecule has 0 radical (unpaired) electrons. The summed E-state index contributed by atoms with van der Waals surface area (Å²) in [5, 5.41) is 2.87. The molecule has 0 heteroatoms. The lowest BCUT2D eigenvalue weighted by Gasteiger charge is -2.33. The molecule has 0 aliphatic heterocycles. The largest absolute Gasteiger partial charge is 0.0616 e. The van der Waals surface area contributed by atoms with Gasteiger partial charge in [-0.25, -0.2) is 0 Å². The molecule has 0 bridgehead atoms. The van der Waals surface area contributed by atoms with E-state index in [1.807, 2.05) is 0 Å². The Hall–Kier alpha value is -2.08. The monoisotopic (exact) mass is 354 g/mol. The molecule has 0 nitrogen and oxygen atoms in total. The van der Waals surface area contributed by atoms with Gasteiger partial charge in [0.15, 0.2) is 0 Å². The predicted octanol–water partition coefficient (Wildman–Crippen LogP) is 7.86. The van der Waals surface area contributed by atoms with Crippen molar-refractivity contribution in [2.75, 3.05) is 0 Å². The Bertz CT molecular complexity index is 998. The Morgan fingerprint density at radius 1 is 0.667 bits per heavy atom. The van der Waals surface area contributed by atoms with Gasteiger partial charge in [-0.1, -0.05) is 92.6 Å². The summed E-state index contributed by atoms with van der Waals surface area (Å²) in [7, 11) is 0. The van der Waals surface area contributed by atoms with Crippen molar-refractivity contribution >= 4 is 10.8 Å².